The van der Waals surface area contributed by atoms with Crippen molar-refractivity contribution < 1.29 is 9.53 Å². The Bertz CT molecular complexity index is 1180. The van der Waals surface area contributed by atoms with E-state index in [0.717, 1.165) is 27.9 Å². The molecule has 7 heteroatoms. The van der Waals surface area contributed by atoms with E-state index in [1.165, 1.54) is 11.3 Å². The van der Waals surface area contributed by atoms with Gasteiger partial charge in [0.05, 0.1) is 11.8 Å². The van der Waals surface area contributed by atoms with Gasteiger partial charge in [0.2, 0.25) is 0 Å². The molecule has 5 nitrogen and oxygen atoms in total. The monoisotopic (exact) mass is 467 g/mol. The predicted molar refractivity (Wildman–Crippen MR) is 136 cm³/mol. The molecule has 0 aliphatic carbocycles. The van der Waals surface area contributed by atoms with Crippen molar-refractivity contribution in [2.24, 2.45) is 0 Å². The summed E-state index contributed by atoms with van der Waals surface area (Å²) in [5.74, 6) is 0.659. The third-order valence-electron chi connectivity index (χ3n) is 5.08. The number of carbonyl (C=O) groups is 1. The second kappa shape index (κ2) is 10.6. The molecule has 32 heavy (non-hydrogen) atoms. The highest BCUT2D eigenvalue weighted by molar-refractivity contribution is 7.22. The lowest BCUT2D eigenvalue weighted by molar-refractivity contribution is 0.0985. The number of benzene rings is 3. The van der Waals surface area contributed by atoms with E-state index < -0.39 is 0 Å². The Hall–Kier alpha value is -2.93. The first-order chi connectivity index (χ1) is 15.1. The van der Waals surface area contributed by atoms with Crippen molar-refractivity contribution in [2.75, 3.05) is 39.2 Å². The van der Waals surface area contributed by atoms with E-state index in [1.54, 1.807) is 12.0 Å². The van der Waals surface area contributed by atoms with Crippen LogP contribution in [-0.4, -0.2) is 50.1 Å². The summed E-state index contributed by atoms with van der Waals surface area (Å²) in [5, 5.41) is 0.679. The second-order valence-electron chi connectivity index (χ2n) is 7.51. The normalized spacial score (nSPS) is 10.8. The quantitative estimate of drug-likeness (QED) is 0.355. The number of para-hydroxylation sites is 1. The molecule has 4 aromatic rings. The Morgan fingerprint density at radius 3 is 2.25 bits per heavy atom. The van der Waals surface area contributed by atoms with Crippen molar-refractivity contribution in [1.29, 1.82) is 0 Å². The number of rotatable bonds is 7. The molecule has 166 valence electrons. The standard InChI is InChI=1S/C25H25N3O2S.ClH/c1-27(2)16-17-28(25-26-23-21(30-3)10-7-11-22(23)31-25)24(29)20-14-12-19(13-15-20)18-8-5-4-6-9-18;/h4-15H,16-17H2,1-3H3;1H. The Morgan fingerprint density at radius 2 is 1.59 bits per heavy atom. The van der Waals surface area contributed by atoms with Gasteiger partial charge in [-0.15, -0.1) is 12.4 Å². The summed E-state index contributed by atoms with van der Waals surface area (Å²) in [6, 6.07) is 23.8. The molecule has 0 atom stereocenters. The Labute approximate surface area is 198 Å². The van der Waals surface area contributed by atoms with Crippen molar-refractivity contribution in [3.63, 3.8) is 0 Å². The highest BCUT2D eigenvalue weighted by Crippen LogP contribution is 2.34. The Kier molecular flexibility index (Phi) is 7.85. The van der Waals surface area contributed by atoms with Gasteiger partial charge in [0, 0.05) is 18.7 Å². The highest BCUT2D eigenvalue weighted by atomic mass is 35.5. The van der Waals surface area contributed by atoms with Gasteiger partial charge in [0.15, 0.2) is 5.13 Å². The van der Waals surface area contributed by atoms with Crippen LogP contribution in [0.25, 0.3) is 21.3 Å². The number of hydrogen-bond donors (Lipinski definition) is 0. The number of halogens is 1. The molecule has 0 fully saturated rings. The summed E-state index contributed by atoms with van der Waals surface area (Å²) in [5.41, 5.74) is 3.64. The lowest BCUT2D eigenvalue weighted by Crippen LogP contribution is -2.36. The zero-order valence-corrected chi connectivity index (χ0v) is 20.0. The third kappa shape index (κ3) is 5.10. The number of anilines is 1. The lowest BCUT2D eigenvalue weighted by Gasteiger charge is -2.22. The molecule has 1 amide bonds. The van der Waals surface area contributed by atoms with E-state index in [-0.39, 0.29) is 18.3 Å². The van der Waals surface area contributed by atoms with E-state index in [4.69, 9.17) is 9.72 Å². The molecule has 4 rings (SSSR count). The summed E-state index contributed by atoms with van der Waals surface area (Å²) in [6.45, 7) is 1.29. The van der Waals surface area contributed by atoms with Gasteiger partial charge in [0.25, 0.3) is 5.91 Å². The van der Waals surface area contributed by atoms with E-state index in [2.05, 4.69) is 17.0 Å². The predicted octanol–water partition coefficient (Wildman–Crippen LogP) is 5.60. The van der Waals surface area contributed by atoms with Crippen LogP contribution in [0.15, 0.2) is 72.8 Å². The first-order valence-corrected chi connectivity index (χ1v) is 10.9. The molecule has 3 aromatic carbocycles. The van der Waals surface area contributed by atoms with Crippen molar-refractivity contribution in [3.05, 3.63) is 78.4 Å². The topological polar surface area (TPSA) is 45.7 Å². The zero-order chi connectivity index (χ0) is 21.8. The maximum atomic E-state index is 13.5. The third-order valence-corrected chi connectivity index (χ3v) is 6.12. The smallest absolute Gasteiger partial charge is 0.260 e. The van der Waals surface area contributed by atoms with Crippen LogP contribution in [0.2, 0.25) is 0 Å². The maximum Gasteiger partial charge on any atom is 0.260 e. The summed E-state index contributed by atoms with van der Waals surface area (Å²) < 4.78 is 6.45. The van der Waals surface area contributed by atoms with Gasteiger partial charge < -0.3 is 9.64 Å². The number of fused-ring (bicyclic) bond motifs is 1. The van der Waals surface area contributed by atoms with Gasteiger partial charge >= 0.3 is 0 Å². The molecule has 1 aromatic heterocycles. The summed E-state index contributed by atoms with van der Waals surface area (Å²) in [6.07, 6.45) is 0. The van der Waals surface area contributed by atoms with Crippen molar-refractivity contribution in [1.82, 2.24) is 9.88 Å². The first-order valence-electron chi connectivity index (χ1n) is 10.1. The number of ether oxygens (including phenoxy) is 1. The van der Waals surface area contributed by atoms with Crippen LogP contribution in [0.4, 0.5) is 5.13 Å². The van der Waals surface area contributed by atoms with E-state index in [0.29, 0.717) is 23.0 Å². The van der Waals surface area contributed by atoms with Gasteiger partial charge in [-0.2, -0.15) is 0 Å². The first kappa shape index (κ1) is 23.7. The molecule has 1 heterocycles. The van der Waals surface area contributed by atoms with Gasteiger partial charge in [-0.1, -0.05) is 59.9 Å². The largest absolute Gasteiger partial charge is 0.494 e. The summed E-state index contributed by atoms with van der Waals surface area (Å²) >= 11 is 1.51. The fraction of sp³-hybridized carbons (Fsp3) is 0.200. The number of hydrogen-bond acceptors (Lipinski definition) is 5. The number of carbonyl (C=O) groups excluding carboxylic acids is 1. The van der Waals surface area contributed by atoms with Crippen LogP contribution in [0.1, 0.15) is 10.4 Å². The van der Waals surface area contributed by atoms with Gasteiger partial charge in [-0.25, -0.2) is 4.98 Å². The van der Waals surface area contributed by atoms with E-state index >= 15 is 0 Å². The molecular formula is C25H26ClN3O2S. The zero-order valence-electron chi connectivity index (χ0n) is 18.3. The molecule has 0 bridgehead atoms. The van der Waals surface area contributed by atoms with Crippen molar-refractivity contribution in [3.8, 4) is 16.9 Å². The van der Waals surface area contributed by atoms with Crippen molar-refractivity contribution >= 4 is 45.0 Å². The average molecular weight is 468 g/mol. The molecule has 0 aliphatic rings. The minimum Gasteiger partial charge on any atom is -0.494 e. The number of methoxy groups -OCH3 is 1. The molecule has 0 unspecified atom stereocenters. The molecule has 0 N–H and O–H groups in total. The van der Waals surface area contributed by atoms with Crippen LogP contribution in [-0.2, 0) is 0 Å². The number of likely N-dealkylation sites (N-methyl/N-ethyl adjacent to an activating group) is 1. The number of thiazole rings is 1. The van der Waals surface area contributed by atoms with Crippen LogP contribution in [0, 0.1) is 0 Å². The molecule has 0 saturated heterocycles. The van der Waals surface area contributed by atoms with Crippen LogP contribution >= 0.6 is 23.7 Å². The van der Waals surface area contributed by atoms with Crippen molar-refractivity contribution in [2.45, 2.75) is 0 Å². The maximum absolute atomic E-state index is 13.5. The molecule has 0 aliphatic heterocycles. The molecular weight excluding hydrogens is 442 g/mol. The van der Waals surface area contributed by atoms with Crippen LogP contribution < -0.4 is 9.64 Å². The fourth-order valence-electron chi connectivity index (χ4n) is 3.37. The minimum absolute atomic E-state index is 0. The lowest BCUT2D eigenvalue weighted by atomic mass is 10.0. The summed E-state index contributed by atoms with van der Waals surface area (Å²) in [4.78, 5) is 22.1. The van der Waals surface area contributed by atoms with Crippen LogP contribution in [0.5, 0.6) is 5.75 Å². The molecule has 0 saturated carbocycles. The number of nitrogens with zero attached hydrogens (tertiary/aromatic N) is 3. The number of aromatic nitrogens is 1. The second-order valence-corrected chi connectivity index (χ2v) is 8.52. The molecule has 0 radical (unpaired) electrons. The van der Waals surface area contributed by atoms with Crippen LogP contribution in [0.3, 0.4) is 0 Å². The van der Waals surface area contributed by atoms with Gasteiger partial charge in [-0.3, -0.25) is 9.69 Å². The van der Waals surface area contributed by atoms with Gasteiger partial charge in [-0.05, 0) is 49.5 Å². The van der Waals surface area contributed by atoms with Gasteiger partial charge in [0.1, 0.15) is 11.3 Å². The van der Waals surface area contributed by atoms with E-state index in [9.17, 15) is 4.79 Å². The SMILES string of the molecule is COc1cccc2sc(N(CCN(C)C)C(=O)c3ccc(-c4ccccc4)cc3)nc12.Cl. The number of amides is 1. The minimum atomic E-state index is -0.0560. The molecule has 0 spiro atoms. The Morgan fingerprint density at radius 1 is 0.906 bits per heavy atom. The Balaban J connectivity index is 0.00000289. The highest BCUT2D eigenvalue weighted by Gasteiger charge is 2.22. The van der Waals surface area contributed by atoms with E-state index in [1.807, 2.05) is 74.8 Å². The average Bonchev–Trinajstić information content (AvgIpc) is 3.23. The summed E-state index contributed by atoms with van der Waals surface area (Å²) in [7, 11) is 5.63. The fourth-order valence-corrected chi connectivity index (χ4v) is 4.38.